The summed E-state index contributed by atoms with van der Waals surface area (Å²) >= 11 is 5.29. The smallest absolute Gasteiger partial charge is 0.319 e. The van der Waals surface area contributed by atoms with Gasteiger partial charge in [-0.2, -0.15) is 4.31 Å². The maximum absolute atomic E-state index is 12.1. The van der Waals surface area contributed by atoms with Crippen molar-refractivity contribution in [3.63, 3.8) is 0 Å². The average molecular weight is 412 g/mol. The maximum Gasteiger partial charge on any atom is 0.319 e. The number of nitrogens with zero attached hydrogens (tertiary/aromatic N) is 1. The zero-order valence-corrected chi connectivity index (χ0v) is 16.4. The van der Waals surface area contributed by atoms with Crippen LogP contribution in [-0.2, 0) is 17.9 Å². The lowest BCUT2D eigenvalue weighted by atomic mass is 9.90. The number of thioether (sulfide) groups is 1. The van der Waals surface area contributed by atoms with Crippen molar-refractivity contribution in [1.82, 2.24) is 4.31 Å². The first-order valence-corrected chi connectivity index (χ1v) is 11.0. The summed E-state index contributed by atoms with van der Waals surface area (Å²) in [5, 5.41) is 1.29. The lowest BCUT2D eigenvalue weighted by Gasteiger charge is -2.59. The second kappa shape index (κ2) is 5.02. The lowest BCUT2D eigenvalue weighted by molar-refractivity contribution is -0.151. The second-order valence-electron chi connectivity index (χ2n) is 7.29. The fourth-order valence-corrected chi connectivity index (χ4v) is 10.3. The molecular weight excluding hydrogens is 390 g/mol. The normalized spacial score (nSPS) is 44.9. The third-order valence-corrected chi connectivity index (χ3v) is 10.5. The van der Waals surface area contributed by atoms with Crippen LogP contribution in [-0.4, -0.2) is 55.3 Å². The fourth-order valence-electron chi connectivity index (χ4n) is 4.14. The molecule has 0 aromatic carbocycles. The van der Waals surface area contributed by atoms with Crippen LogP contribution in [0.4, 0.5) is 0 Å². The van der Waals surface area contributed by atoms with Crippen molar-refractivity contribution < 1.29 is 17.9 Å². The number of carbonyl (C=O) groups excluding carboxylic acids is 1. The van der Waals surface area contributed by atoms with Gasteiger partial charge in [0.2, 0.25) is 0 Å². The Bertz CT molecular complexity index is 508. The molecule has 5 unspecified atom stereocenters. The van der Waals surface area contributed by atoms with Gasteiger partial charge >= 0.3 is 5.97 Å². The molecule has 0 aromatic rings. The van der Waals surface area contributed by atoms with E-state index in [1.54, 1.807) is 0 Å². The van der Waals surface area contributed by atoms with Gasteiger partial charge < -0.3 is 4.74 Å². The van der Waals surface area contributed by atoms with Crippen LogP contribution in [0.25, 0.3) is 0 Å². The van der Waals surface area contributed by atoms with Crippen LogP contribution in [0.5, 0.6) is 0 Å². The summed E-state index contributed by atoms with van der Waals surface area (Å²) in [7, 11) is -1.62. The minimum absolute atomic E-state index is 0.0577. The number of rotatable bonds is 2. The summed E-state index contributed by atoms with van der Waals surface area (Å²) in [6.45, 7) is 8.80. The van der Waals surface area contributed by atoms with Crippen molar-refractivity contribution in [3.05, 3.63) is 0 Å². The number of ether oxygens (including phenoxy) is 1. The van der Waals surface area contributed by atoms with Gasteiger partial charge in [0, 0.05) is 16.0 Å². The Morgan fingerprint density at radius 3 is 2.64 bits per heavy atom. The van der Waals surface area contributed by atoms with E-state index < -0.39 is 10.8 Å². The number of halogens is 1. The highest BCUT2D eigenvalue weighted by Crippen LogP contribution is 2.79. The lowest BCUT2D eigenvalue weighted by Crippen LogP contribution is -2.54. The predicted octanol–water partition coefficient (Wildman–Crippen LogP) is 2.97. The number of fused-ring (bicyclic) bond motifs is 2. The third kappa shape index (κ3) is 2.00. The first kappa shape index (κ1) is 16.0. The molecule has 4 rings (SSSR count). The molecule has 4 heterocycles. The monoisotopic (exact) mass is 411 g/mol. The molecule has 6 atom stereocenters. The molecule has 0 amide bonds. The maximum atomic E-state index is 12.1. The van der Waals surface area contributed by atoms with Crippen LogP contribution in [0.3, 0.4) is 0 Å². The molecule has 1 spiro atoms. The molecule has 0 N–H and O–H groups in total. The Morgan fingerprint density at radius 2 is 2.14 bits per heavy atom. The fraction of sp³-hybridized carbons (Fsp3) is 0.929. The quantitative estimate of drug-likeness (QED) is 0.514. The zero-order chi connectivity index (χ0) is 15.9. The molecule has 2 bridgehead atoms. The van der Waals surface area contributed by atoms with E-state index in [4.69, 9.17) is 13.1 Å². The van der Waals surface area contributed by atoms with Crippen molar-refractivity contribution in [2.45, 2.75) is 72.4 Å². The molecule has 8 heteroatoms. The highest BCUT2D eigenvalue weighted by Gasteiger charge is 2.73. The summed E-state index contributed by atoms with van der Waals surface area (Å²) in [6.07, 6.45) is 0.972. The van der Waals surface area contributed by atoms with Crippen molar-refractivity contribution in [3.8, 4) is 0 Å². The Balaban J connectivity index is 1.68. The standard InChI is InChI=1S/C14H22BrNO4S2/c1-7(15)13(17)20-11-8-5-9-12(21-8)10(11)16(14(2,3)4)22(9)18-6-19-22/h7-12H,5-6H2,1-4H3/t7?,8-,9?,10?,11?,12?/m0/s1. The topological polar surface area (TPSA) is 48.0 Å². The summed E-state index contributed by atoms with van der Waals surface area (Å²) in [5.41, 5.74) is -0.0715. The van der Waals surface area contributed by atoms with E-state index in [0.717, 1.165) is 6.42 Å². The zero-order valence-electron chi connectivity index (χ0n) is 13.2. The molecule has 0 aliphatic carbocycles. The van der Waals surface area contributed by atoms with Gasteiger partial charge in [-0.1, -0.05) is 15.9 Å². The van der Waals surface area contributed by atoms with Crippen molar-refractivity contribution >= 4 is 44.4 Å². The van der Waals surface area contributed by atoms with Gasteiger partial charge in [-0.3, -0.25) is 4.79 Å². The molecule has 4 fully saturated rings. The third-order valence-electron chi connectivity index (χ3n) is 4.80. The van der Waals surface area contributed by atoms with Crippen LogP contribution in [0, 0.1) is 0 Å². The molecular formula is C14H22BrNO4S2. The summed E-state index contributed by atoms with van der Waals surface area (Å²) < 4.78 is 20.4. The van der Waals surface area contributed by atoms with Crippen LogP contribution >= 0.6 is 38.5 Å². The van der Waals surface area contributed by atoms with Gasteiger partial charge in [-0.15, -0.1) is 22.5 Å². The van der Waals surface area contributed by atoms with E-state index in [-0.39, 0.29) is 28.5 Å². The molecule has 126 valence electrons. The highest BCUT2D eigenvalue weighted by atomic mass is 79.9. The van der Waals surface area contributed by atoms with Gasteiger partial charge in [-0.05, 0) is 34.1 Å². The first-order valence-electron chi connectivity index (χ1n) is 7.66. The molecule has 0 radical (unpaired) electrons. The van der Waals surface area contributed by atoms with Crippen molar-refractivity contribution in [1.29, 1.82) is 0 Å². The van der Waals surface area contributed by atoms with Gasteiger partial charge in [0.05, 0.1) is 11.3 Å². The number of hydrogen-bond donors (Lipinski definition) is 0. The Hall–Kier alpha value is 0.530. The Kier molecular flexibility index (Phi) is 3.65. The van der Waals surface area contributed by atoms with E-state index in [2.05, 4.69) is 41.0 Å². The molecule has 4 saturated heterocycles. The van der Waals surface area contributed by atoms with Crippen LogP contribution in [0.1, 0.15) is 34.1 Å². The van der Waals surface area contributed by atoms with Crippen molar-refractivity contribution in [2.24, 2.45) is 0 Å². The van der Waals surface area contributed by atoms with Gasteiger partial charge in [-0.25, -0.2) is 8.37 Å². The summed E-state index contributed by atoms with van der Waals surface area (Å²) in [6, 6.07) is 0.208. The van der Waals surface area contributed by atoms with Gasteiger partial charge in [0.25, 0.3) is 0 Å². The molecule has 4 aliphatic heterocycles. The number of hydrogen-bond acceptors (Lipinski definition) is 6. The average Bonchev–Trinajstić information content (AvgIpc) is 2.93. The SMILES string of the molecule is CC(Br)C(=O)OC1C2C3S[C@H]1CC3S1(OCO1)N2C(C)(C)C. The van der Waals surface area contributed by atoms with Crippen molar-refractivity contribution in [2.75, 3.05) is 6.79 Å². The largest absolute Gasteiger partial charge is 0.459 e. The minimum Gasteiger partial charge on any atom is -0.459 e. The van der Waals surface area contributed by atoms with E-state index in [0.29, 0.717) is 22.5 Å². The first-order chi connectivity index (χ1) is 10.3. The number of carbonyl (C=O) groups is 1. The summed E-state index contributed by atoms with van der Waals surface area (Å²) in [5.74, 6) is -0.171. The van der Waals surface area contributed by atoms with Crippen LogP contribution < -0.4 is 0 Å². The molecule has 0 saturated carbocycles. The van der Waals surface area contributed by atoms with Gasteiger partial charge in [0.15, 0.2) is 6.79 Å². The number of esters is 1. The van der Waals surface area contributed by atoms with E-state index in [9.17, 15) is 4.79 Å². The van der Waals surface area contributed by atoms with Crippen LogP contribution in [0.15, 0.2) is 0 Å². The van der Waals surface area contributed by atoms with Gasteiger partial charge in [0.1, 0.15) is 10.9 Å². The molecule has 5 nitrogen and oxygen atoms in total. The molecule has 4 aliphatic rings. The van der Waals surface area contributed by atoms with Crippen LogP contribution in [0.2, 0.25) is 0 Å². The van der Waals surface area contributed by atoms with E-state index in [1.165, 1.54) is 0 Å². The summed E-state index contributed by atoms with van der Waals surface area (Å²) in [4.78, 5) is 11.8. The Labute approximate surface area is 145 Å². The molecule has 22 heavy (non-hydrogen) atoms. The van der Waals surface area contributed by atoms with E-state index in [1.807, 2.05) is 18.7 Å². The number of alkyl halides is 1. The molecule has 0 aromatic heterocycles. The second-order valence-corrected chi connectivity index (χ2v) is 12.6. The minimum atomic E-state index is -1.62. The predicted molar refractivity (Wildman–Crippen MR) is 91.8 cm³/mol. The highest BCUT2D eigenvalue weighted by molar-refractivity contribution is 9.10. The van der Waals surface area contributed by atoms with E-state index >= 15 is 0 Å². The Morgan fingerprint density at radius 1 is 1.45 bits per heavy atom.